The minimum Gasteiger partial charge on any atom is -0.379 e. The fourth-order valence-corrected chi connectivity index (χ4v) is 4.45. The number of nitrogen functional groups attached to an aromatic ring is 1. The fourth-order valence-electron chi connectivity index (χ4n) is 4.45. The zero-order chi connectivity index (χ0) is 29.1. The number of aryl methyl sites for hydroxylation is 2. The summed E-state index contributed by atoms with van der Waals surface area (Å²) >= 11 is 0. The summed E-state index contributed by atoms with van der Waals surface area (Å²) in [7, 11) is 0. The molecule has 1 amide bonds. The Bertz CT molecular complexity index is 1540. The molecule has 4 aromatic rings. The first-order chi connectivity index (χ1) is 19.5. The summed E-state index contributed by atoms with van der Waals surface area (Å²) in [6, 6.07) is 13.2. The highest BCUT2D eigenvalue weighted by molar-refractivity contribution is 6.04. The summed E-state index contributed by atoms with van der Waals surface area (Å²) in [4.78, 5) is 23.5. The van der Waals surface area contributed by atoms with Crippen LogP contribution in [0.5, 0.6) is 0 Å². The predicted octanol–water partition coefficient (Wildman–Crippen LogP) is 4.71. The summed E-state index contributed by atoms with van der Waals surface area (Å²) in [6.45, 7) is 7.22. The van der Waals surface area contributed by atoms with Crippen LogP contribution in [-0.2, 0) is 17.5 Å². The molecule has 5 rings (SSSR count). The minimum absolute atomic E-state index is 0.0996. The quantitative estimate of drug-likeness (QED) is 0.294. The molecule has 214 valence electrons. The van der Waals surface area contributed by atoms with Crippen molar-refractivity contribution in [2.75, 3.05) is 42.7 Å². The largest absolute Gasteiger partial charge is 0.416 e. The van der Waals surface area contributed by atoms with Gasteiger partial charge in [-0.15, -0.1) is 0 Å². The molecule has 10 nitrogen and oxygen atoms in total. The lowest BCUT2D eigenvalue weighted by atomic mass is 10.1. The number of nitrogens with two attached hydrogens (primary N) is 1. The van der Waals surface area contributed by atoms with Gasteiger partial charge in [-0.05, 0) is 49.7 Å². The number of carbonyl (C=O) groups excluding carboxylic acids is 1. The molecule has 4 N–H and O–H groups in total. The fraction of sp³-hybridized carbons (Fsp3) is 0.286. The number of aromatic nitrogens is 4. The first-order valence-electron chi connectivity index (χ1n) is 12.9. The summed E-state index contributed by atoms with van der Waals surface area (Å²) < 4.78 is 46.5. The van der Waals surface area contributed by atoms with Gasteiger partial charge in [0.15, 0.2) is 5.82 Å². The van der Waals surface area contributed by atoms with Crippen molar-refractivity contribution in [2.24, 2.45) is 0 Å². The van der Waals surface area contributed by atoms with Gasteiger partial charge < -0.3 is 21.1 Å². The van der Waals surface area contributed by atoms with Crippen LogP contribution in [0.4, 0.5) is 36.3 Å². The van der Waals surface area contributed by atoms with Crippen molar-refractivity contribution in [1.29, 1.82) is 0 Å². The molecule has 3 heterocycles. The van der Waals surface area contributed by atoms with E-state index in [4.69, 9.17) is 15.6 Å². The van der Waals surface area contributed by atoms with Gasteiger partial charge in [0.05, 0.1) is 24.5 Å². The summed E-state index contributed by atoms with van der Waals surface area (Å²) in [5, 5.41) is 10.8. The minimum atomic E-state index is -4.55. The molecule has 13 heteroatoms. The molecule has 0 spiro atoms. The van der Waals surface area contributed by atoms with Crippen molar-refractivity contribution in [3.05, 3.63) is 82.7 Å². The predicted molar refractivity (Wildman–Crippen MR) is 148 cm³/mol. The van der Waals surface area contributed by atoms with Gasteiger partial charge in [-0.2, -0.15) is 27.9 Å². The van der Waals surface area contributed by atoms with Crippen molar-refractivity contribution in [3.8, 4) is 5.82 Å². The first-order valence-corrected chi connectivity index (χ1v) is 12.9. The molecule has 2 aromatic carbocycles. The highest BCUT2D eigenvalue weighted by Gasteiger charge is 2.31. The normalized spacial score (nSPS) is 14.2. The number of anilines is 4. The molecule has 1 saturated heterocycles. The van der Waals surface area contributed by atoms with Crippen LogP contribution < -0.4 is 16.4 Å². The summed E-state index contributed by atoms with van der Waals surface area (Å²) in [5.41, 5.74) is 8.34. The second kappa shape index (κ2) is 11.6. The molecule has 0 atom stereocenters. The maximum Gasteiger partial charge on any atom is 0.416 e. The first kappa shape index (κ1) is 28.1. The molecule has 1 aliphatic heterocycles. The smallest absolute Gasteiger partial charge is 0.379 e. The van der Waals surface area contributed by atoms with Crippen molar-refractivity contribution in [1.82, 2.24) is 24.6 Å². The van der Waals surface area contributed by atoms with E-state index in [9.17, 15) is 18.0 Å². The Kier molecular flexibility index (Phi) is 7.90. The Labute approximate surface area is 234 Å². The van der Waals surface area contributed by atoms with Gasteiger partial charge in [-0.25, -0.2) is 4.98 Å². The summed E-state index contributed by atoms with van der Waals surface area (Å²) in [5.74, 6) is 0.551. The van der Waals surface area contributed by atoms with E-state index in [0.29, 0.717) is 48.5 Å². The number of hydrogen-bond acceptors (Lipinski definition) is 8. The highest BCUT2D eigenvalue weighted by Crippen LogP contribution is 2.30. The molecule has 1 aliphatic rings. The molecule has 0 saturated carbocycles. The van der Waals surface area contributed by atoms with Gasteiger partial charge in [-0.1, -0.05) is 12.1 Å². The number of benzene rings is 2. The zero-order valence-corrected chi connectivity index (χ0v) is 22.5. The van der Waals surface area contributed by atoms with Crippen LogP contribution in [0.3, 0.4) is 0 Å². The van der Waals surface area contributed by atoms with Crippen LogP contribution in [0.25, 0.3) is 5.82 Å². The highest BCUT2D eigenvalue weighted by atomic mass is 19.4. The topological polar surface area (TPSA) is 123 Å². The van der Waals surface area contributed by atoms with Crippen LogP contribution in [0.1, 0.15) is 32.9 Å². The number of alkyl halides is 3. The van der Waals surface area contributed by atoms with E-state index in [1.54, 1.807) is 28.9 Å². The standard InChI is InChI=1S/C28H29F3N8O2/c1-17-6-7-21(34-26(40)19-4-3-5-20(13-19)28(29,30)31)14-23(17)35-25-15-22(16-38-8-10-41-11-9-38)37-39(25)24-12-18(2)33-27(32)36-24/h3-7,12-15,35H,8-11,16H2,1-2H3,(H,34,40)(H2,32,33,36). The Morgan fingerprint density at radius 2 is 1.83 bits per heavy atom. The average molecular weight is 567 g/mol. The lowest BCUT2D eigenvalue weighted by molar-refractivity contribution is -0.137. The number of nitrogens with zero attached hydrogens (tertiary/aromatic N) is 5. The van der Waals surface area contributed by atoms with Crippen molar-refractivity contribution >= 4 is 29.0 Å². The van der Waals surface area contributed by atoms with Crippen molar-refractivity contribution in [2.45, 2.75) is 26.6 Å². The van der Waals surface area contributed by atoms with Gasteiger partial charge in [0, 0.05) is 54.4 Å². The van der Waals surface area contributed by atoms with E-state index < -0.39 is 17.6 Å². The van der Waals surface area contributed by atoms with Gasteiger partial charge in [0.2, 0.25) is 5.95 Å². The number of carbonyl (C=O) groups is 1. The Morgan fingerprint density at radius 1 is 1.05 bits per heavy atom. The number of nitrogens with one attached hydrogen (secondary N) is 2. The van der Waals surface area contributed by atoms with E-state index in [2.05, 4.69) is 25.5 Å². The molecular weight excluding hydrogens is 537 g/mol. The van der Waals surface area contributed by atoms with Crippen LogP contribution in [0.15, 0.2) is 54.6 Å². The van der Waals surface area contributed by atoms with Crippen LogP contribution >= 0.6 is 0 Å². The number of ether oxygens (including phenoxy) is 1. The number of halogens is 3. The van der Waals surface area contributed by atoms with E-state index in [0.717, 1.165) is 36.5 Å². The lowest BCUT2D eigenvalue weighted by Gasteiger charge is -2.25. The lowest BCUT2D eigenvalue weighted by Crippen LogP contribution is -2.35. The molecule has 0 radical (unpaired) electrons. The van der Waals surface area contributed by atoms with E-state index in [1.807, 2.05) is 19.9 Å². The van der Waals surface area contributed by atoms with E-state index >= 15 is 0 Å². The third kappa shape index (κ3) is 6.81. The number of rotatable bonds is 7. The Balaban J connectivity index is 1.43. The van der Waals surface area contributed by atoms with E-state index in [-0.39, 0.29) is 11.5 Å². The van der Waals surface area contributed by atoms with Crippen molar-refractivity contribution < 1.29 is 22.7 Å². The van der Waals surface area contributed by atoms with Crippen LogP contribution in [0, 0.1) is 13.8 Å². The Morgan fingerprint density at radius 3 is 2.56 bits per heavy atom. The second-order valence-corrected chi connectivity index (χ2v) is 9.73. The zero-order valence-electron chi connectivity index (χ0n) is 22.5. The van der Waals surface area contributed by atoms with Gasteiger partial charge in [0.1, 0.15) is 5.82 Å². The average Bonchev–Trinajstić information content (AvgIpc) is 3.32. The van der Waals surface area contributed by atoms with Crippen LogP contribution in [-0.4, -0.2) is 56.9 Å². The monoisotopic (exact) mass is 566 g/mol. The molecule has 0 unspecified atom stereocenters. The Hall–Kier alpha value is -4.49. The van der Waals surface area contributed by atoms with Crippen molar-refractivity contribution in [3.63, 3.8) is 0 Å². The van der Waals surface area contributed by atoms with Gasteiger partial charge >= 0.3 is 6.18 Å². The van der Waals surface area contributed by atoms with E-state index in [1.165, 1.54) is 12.1 Å². The molecule has 1 fully saturated rings. The SMILES string of the molecule is Cc1cc(-n2nc(CN3CCOCC3)cc2Nc2cc(NC(=O)c3cccc(C(F)(F)F)c3)ccc2C)nc(N)n1. The maximum atomic E-state index is 13.1. The van der Waals surface area contributed by atoms with Gasteiger partial charge in [-0.3, -0.25) is 9.69 Å². The molecule has 0 aliphatic carbocycles. The van der Waals surface area contributed by atoms with Crippen LogP contribution in [0.2, 0.25) is 0 Å². The molecular formula is C28H29F3N8O2. The molecule has 0 bridgehead atoms. The third-order valence-corrected chi connectivity index (χ3v) is 6.53. The van der Waals surface area contributed by atoms with Gasteiger partial charge in [0.25, 0.3) is 5.91 Å². The molecule has 2 aromatic heterocycles. The number of morpholine rings is 1. The second-order valence-electron chi connectivity index (χ2n) is 9.73. The number of hydrogen-bond donors (Lipinski definition) is 3. The third-order valence-electron chi connectivity index (χ3n) is 6.53. The molecule has 41 heavy (non-hydrogen) atoms. The summed E-state index contributed by atoms with van der Waals surface area (Å²) in [6.07, 6.45) is -4.55. The number of amides is 1. The maximum absolute atomic E-state index is 13.1.